The van der Waals surface area contributed by atoms with E-state index in [2.05, 4.69) is 50.2 Å². The Morgan fingerprint density at radius 3 is 2.70 bits per heavy atom. The summed E-state index contributed by atoms with van der Waals surface area (Å²) < 4.78 is 12.1. The topological polar surface area (TPSA) is 63.9 Å². The molecular formula is C20H18BrN3O2S. The Kier molecular flexibility index (Phi) is 5.22. The molecular weight excluding hydrogens is 426 g/mol. The highest BCUT2D eigenvalue weighted by atomic mass is 79.9. The first kappa shape index (κ1) is 18.1. The average molecular weight is 444 g/mol. The van der Waals surface area contributed by atoms with Crippen LogP contribution < -0.4 is 4.74 Å². The van der Waals surface area contributed by atoms with Crippen LogP contribution in [-0.2, 0) is 12.2 Å². The van der Waals surface area contributed by atoms with E-state index in [0.29, 0.717) is 11.1 Å². The number of aryl methyl sites for hydroxylation is 1. The van der Waals surface area contributed by atoms with Crippen LogP contribution in [0, 0.1) is 0 Å². The van der Waals surface area contributed by atoms with Gasteiger partial charge in [0.2, 0.25) is 0 Å². The molecule has 0 saturated heterocycles. The second-order valence-corrected chi connectivity index (χ2v) is 7.87. The van der Waals surface area contributed by atoms with Gasteiger partial charge in [-0.25, -0.2) is 0 Å². The fraction of sp³-hybridized carbons (Fsp3) is 0.200. The monoisotopic (exact) mass is 443 g/mol. The zero-order chi connectivity index (χ0) is 18.8. The summed E-state index contributed by atoms with van der Waals surface area (Å²) in [5, 5.41) is 10.2. The van der Waals surface area contributed by atoms with Gasteiger partial charge in [-0.15, -0.1) is 10.2 Å². The second kappa shape index (κ2) is 7.78. The molecule has 0 radical (unpaired) electrons. The van der Waals surface area contributed by atoms with Crippen molar-refractivity contribution in [3.8, 4) is 17.3 Å². The van der Waals surface area contributed by atoms with Gasteiger partial charge in [-0.05, 0) is 47.9 Å². The Bertz CT molecular complexity index is 1070. The summed E-state index contributed by atoms with van der Waals surface area (Å²) >= 11 is 5.06. The van der Waals surface area contributed by atoms with E-state index < -0.39 is 0 Å². The van der Waals surface area contributed by atoms with Gasteiger partial charge in [0, 0.05) is 21.1 Å². The maximum atomic E-state index is 5.91. The number of nitrogens with zero attached hydrogens (tertiary/aromatic N) is 2. The van der Waals surface area contributed by atoms with E-state index in [1.54, 1.807) is 7.11 Å². The number of hydrogen-bond donors (Lipinski definition) is 1. The molecule has 2 aromatic carbocycles. The van der Waals surface area contributed by atoms with Crippen molar-refractivity contribution < 1.29 is 9.15 Å². The van der Waals surface area contributed by atoms with Crippen molar-refractivity contribution in [1.29, 1.82) is 0 Å². The number of aromatic nitrogens is 3. The van der Waals surface area contributed by atoms with Crippen LogP contribution in [0.15, 0.2) is 56.6 Å². The fourth-order valence-corrected chi connectivity index (χ4v) is 4.09. The fourth-order valence-electron chi connectivity index (χ4n) is 3.01. The van der Waals surface area contributed by atoms with Gasteiger partial charge in [-0.2, -0.15) is 0 Å². The largest absolute Gasteiger partial charge is 0.497 e. The van der Waals surface area contributed by atoms with Crippen LogP contribution in [-0.4, -0.2) is 22.3 Å². The van der Waals surface area contributed by atoms with Crippen LogP contribution in [0.4, 0.5) is 0 Å². The van der Waals surface area contributed by atoms with E-state index in [0.717, 1.165) is 33.6 Å². The predicted molar refractivity (Wildman–Crippen MR) is 111 cm³/mol. The van der Waals surface area contributed by atoms with E-state index in [4.69, 9.17) is 9.15 Å². The Balaban J connectivity index is 1.56. The van der Waals surface area contributed by atoms with Crippen molar-refractivity contribution in [2.75, 3.05) is 7.11 Å². The molecule has 0 fully saturated rings. The number of thioether (sulfide) groups is 1. The van der Waals surface area contributed by atoms with Crippen molar-refractivity contribution in [2.24, 2.45) is 0 Å². The van der Waals surface area contributed by atoms with Crippen molar-refractivity contribution in [3.05, 3.63) is 58.1 Å². The minimum Gasteiger partial charge on any atom is -0.497 e. The lowest BCUT2D eigenvalue weighted by molar-refractivity contribution is 0.414. The first-order chi connectivity index (χ1) is 13.2. The van der Waals surface area contributed by atoms with Crippen LogP contribution in [0.5, 0.6) is 5.75 Å². The third-order valence-electron chi connectivity index (χ3n) is 4.36. The van der Waals surface area contributed by atoms with Crippen LogP contribution in [0.1, 0.15) is 18.1 Å². The molecule has 0 saturated carbocycles. The van der Waals surface area contributed by atoms with Gasteiger partial charge < -0.3 is 14.1 Å². The number of fused-ring (bicyclic) bond motifs is 1. The molecule has 4 rings (SSSR count). The summed E-state index contributed by atoms with van der Waals surface area (Å²) in [5.41, 5.74) is 4.32. The first-order valence-corrected chi connectivity index (χ1v) is 10.4. The number of benzene rings is 2. The molecule has 138 valence electrons. The van der Waals surface area contributed by atoms with Crippen LogP contribution in [0.2, 0.25) is 0 Å². The molecule has 0 unspecified atom stereocenters. The Morgan fingerprint density at radius 1 is 1.15 bits per heavy atom. The summed E-state index contributed by atoms with van der Waals surface area (Å²) in [6.45, 7) is 2.13. The van der Waals surface area contributed by atoms with E-state index in [1.165, 1.54) is 28.3 Å². The van der Waals surface area contributed by atoms with Gasteiger partial charge >= 0.3 is 0 Å². The number of hydrogen-bond acceptors (Lipinski definition) is 5. The van der Waals surface area contributed by atoms with Crippen molar-refractivity contribution in [3.63, 3.8) is 0 Å². The molecule has 2 aromatic heterocycles. The predicted octanol–water partition coefficient (Wildman–Crippen LogP) is 5.84. The van der Waals surface area contributed by atoms with Gasteiger partial charge in [-0.3, -0.25) is 0 Å². The molecule has 0 amide bonds. The maximum absolute atomic E-state index is 5.91. The summed E-state index contributed by atoms with van der Waals surface area (Å²) in [6.07, 6.45) is 0.877. The molecule has 0 bridgehead atoms. The summed E-state index contributed by atoms with van der Waals surface area (Å²) in [7, 11) is 1.66. The van der Waals surface area contributed by atoms with E-state index in [1.807, 2.05) is 30.3 Å². The molecule has 5 nitrogen and oxygen atoms in total. The number of rotatable bonds is 6. The number of ether oxygens (including phenoxy) is 1. The summed E-state index contributed by atoms with van der Waals surface area (Å²) in [4.78, 5) is 3.42. The lowest BCUT2D eigenvalue weighted by Crippen LogP contribution is -1.84. The lowest BCUT2D eigenvalue weighted by Gasteiger charge is -2.01. The Morgan fingerprint density at radius 2 is 1.96 bits per heavy atom. The molecule has 7 heteroatoms. The van der Waals surface area contributed by atoms with E-state index in [-0.39, 0.29) is 0 Å². The molecule has 4 aromatic rings. The molecule has 0 aliphatic heterocycles. The highest BCUT2D eigenvalue weighted by Crippen LogP contribution is 2.33. The maximum Gasteiger partial charge on any atom is 0.277 e. The number of aromatic amines is 1. The molecule has 0 aliphatic rings. The van der Waals surface area contributed by atoms with Gasteiger partial charge in [0.15, 0.2) is 0 Å². The molecule has 1 N–H and O–H groups in total. The number of methoxy groups -OCH3 is 1. The number of H-pyrrole nitrogens is 1. The smallest absolute Gasteiger partial charge is 0.277 e. The average Bonchev–Trinajstić information content (AvgIpc) is 3.30. The van der Waals surface area contributed by atoms with Crippen LogP contribution in [0.25, 0.3) is 22.5 Å². The molecule has 27 heavy (non-hydrogen) atoms. The minimum atomic E-state index is 0.524. The molecule has 0 atom stereocenters. The molecule has 0 aliphatic carbocycles. The zero-order valence-corrected chi connectivity index (χ0v) is 17.4. The highest BCUT2D eigenvalue weighted by Gasteiger charge is 2.17. The summed E-state index contributed by atoms with van der Waals surface area (Å²) in [6, 6.07) is 14.2. The lowest BCUT2D eigenvalue weighted by atomic mass is 10.1. The Labute approximate surface area is 169 Å². The molecule has 0 spiro atoms. The Hall–Kier alpha value is -2.25. The van der Waals surface area contributed by atoms with Crippen LogP contribution >= 0.6 is 27.7 Å². The first-order valence-electron chi connectivity index (χ1n) is 8.57. The third-order valence-corrected chi connectivity index (χ3v) is 5.75. The molecule has 2 heterocycles. The number of halogens is 1. The third kappa shape index (κ3) is 3.75. The highest BCUT2D eigenvalue weighted by molar-refractivity contribution is 9.10. The minimum absolute atomic E-state index is 0.524. The van der Waals surface area contributed by atoms with Crippen LogP contribution in [0.3, 0.4) is 0 Å². The van der Waals surface area contributed by atoms with Gasteiger partial charge in [0.05, 0.1) is 7.11 Å². The quantitative estimate of drug-likeness (QED) is 0.379. The van der Waals surface area contributed by atoms with E-state index >= 15 is 0 Å². The normalized spacial score (nSPS) is 11.2. The standard InChI is InChI=1S/C20H18BrN3O2S/c1-3-15-16-10-13(21)6-9-17(16)22-18(15)19-23-24-20(26-19)27-11-12-4-7-14(25-2)8-5-12/h4-10,22H,3,11H2,1-2H3. The van der Waals surface area contributed by atoms with Gasteiger partial charge in [-0.1, -0.05) is 46.7 Å². The van der Waals surface area contributed by atoms with Crippen molar-refractivity contribution in [2.45, 2.75) is 24.3 Å². The van der Waals surface area contributed by atoms with Gasteiger partial charge in [0.25, 0.3) is 11.1 Å². The van der Waals surface area contributed by atoms with Gasteiger partial charge in [0.1, 0.15) is 11.4 Å². The van der Waals surface area contributed by atoms with Crippen molar-refractivity contribution in [1.82, 2.24) is 15.2 Å². The van der Waals surface area contributed by atoms with E-state index in [9.17, 15) is 0 Å². The number of nitrogens with one attached hydrogen (secondary N) is 1. The second-order valence-electron chi connectivity index (χ2n) is 6.03. The summed E-state index contributed by atoms with van der Waals surface area (Å²) in [5.74, 6) is 2.13. The van der Waals surface area contributed by atoms with Crippen molar-refractivity contribution >= 4 is 38.6 Å². The SMILES string of the molecule is CCc1c(-c2nnc(SCc3ccc(OC)cc3)o2)[nH]c2ccc(Br)cc12. The zero-order valence-electron chi connectivity index (χ0n) is 15.0.